The van der Waals surface area contributed by atoms with Crippen molar-refractivity contribution in [3.63, 3.8) is 0 Å². The van der Waals surface area contributed by atoms with Crippen molar-refractivity contribution in [2.24, 2.45) is 0 Å². The quantitative estimate of drug-likeness (QED) is 0.450. The van der Waals surface area contributed by atoms with Gasteiger partial charge in [0.25, 0.3) is 5.09 Å². The minimum Gasteiger partial charge on any atom is -0.328 e. The van der Waals surface area contributed by atoms with Crippen LogP contribution in [-0.2, 0) is 4.84 Å². The number of hydroxylamine groups is 2. The lowest BCUT2D eigenvalue weighted by molar-refractivity contribution is -0.742. The molecule has 0 fully saturated rings. The summed E-state index contributed by atoms with van der Waals surface area (Å²) in [5, 5.41) is 15.3. The van der Waals surface area contributed by atoms with E-state index in [1.165, 1.54) is 0 Å². The highest BCUT2D eigenvalue weighted by atomic mass is 16.9. The van der Waals surface area contributed by atoms with E-state index >= 15 is 0 Å². The van der Waals surface area contributed by atoms with E-state index < -0.39 is 5.09 Å². The molecule has 0 aromatic heterocycles. The molecule has 0 amide bonds. The second-order valence-electron chi connectivity index (χ2n) is 1.47. The topological polar surface area (TPSA) is 75.8 Å². The minimum atomic E-state index is -1.50. The maximum Gasteiger partial charge on any atom is 0.291 e. The van der Waals surface area contributed by atoms with E-state index in [0.29, 0.717) is 0 Å². The smallest absolute Gasteiger partial charge is 0.291 e. The summed E-state index contributed by atoms with van der Waals surface area (Å²) in [7, 11) is 3.73. The third-order valence-corrected chi connectivity index (χ3v) is 0.387. The molecule has 0 spiro atoms. The lowest BCUT2D eigenvalue weighted by atomic mass is 10.9. The predicted molar refractivity (Wildman–Crippen MR) is 34.1 cm³/mol. The van der Waals surface area contributed by atoms with Crippen LogP contribution < -0.4 is 0 Å². The van der Waals surface area contributed by atoms with Crippen LogP contribution in [0.25, 0.3) is 0 Å². The van der Waals surface area contributed by atoms with Crippen molar-refractivity contribution in [3.05, 3.63) is 10.1 Å². The van der Waals surface area contributed by atoms with Crippen LogP contribution in [0.15, 0.2) is 0 Å². The normalized spacial score (nSPS) is 8.40. The van der Waals surface area contributed by atoms with Crippen molar-refractivity contribution < 1.29 is 15.1 Å². The standard InChI is InChI=1S/C4H11NO.HNO3/c1-4-6-5(2)3;2-1(3)4/h4H2,1-3H3;(H,2,3,4). The molecule has 6 nitrogen and oxygen atoms in total. The van der Waals surface area contributed by atoms with E-state index in [9.17, 15) is 0 Å². The Balaban J connectivity index is 0. The summed E-state index contributed by atoms with van der Waals surface area (Å²) in [6, 6.07) is 0. The highest BCUT2D eigenvalue weighted by molar-refractivity contribution is 4.06. The monoisotopic (exact) mass is 152 g/mol. The van der Waals surface area contributed by atoms with Crippen molar-refractivity contribution in [2.45, 2.75) is 6.92 Å². The molecule has 0 bridgehead atoms. The molecule has 0 atom stereocenters. The first kappa shape index (κ1) is 11.9. The molecule has 0 saturated carbocycles. The van der Waals surface area contributed by atoms with Crippen molar-refractivity contribution in [1.29, 1.82) is 0 Å². The van der Waals surface area contributed by atoms with Gasteiger partial charge in [0, 0.05) is 14.1 Å². The Bertz CT molecular complexity index is 81.3. The highest BCUT2D eigenvalue weighted by Gasteiger charge is 1.77. The number of rotatable bonds is 2. The van der Waals surface area contributed by atoms with Crippen molar-refractivity contribution in [3.8, 4) is 0 Å². The average Bonchev–Trinajstić information content (AvgIpc) is 1.62. The Labute approximate surface area is 59.1 Å². The molecule has 0 aromatic rings. The van der Waals surface area contributed by atoms with Gasteiger partial charge in [0.2, 0.25) is 0 Å². The Morgan fingerprint density at radius 1 is 1.70 bits per heavy atom. The van der Waals surface area contributed by atoms with Crippen LogP contribution in [0, 0.1) is 10.1 Å². The maximum absolute atomic E-state index is 8.36. The van der Waals surface area contributed by atoms with Gasteiger partial charge in [-0.1, -0.05) is 0 Å². The van der Waals surface area contributed by atoms with Gasteiger partial charge in [0.1, 0.15) is 0 Å². The van der Waals surface area contributed by atoms with E-state index in [0.717, 1.165) is 6.61 Å². The molecule has 1 N–H and O–H groups in total. The van der Waals surface area contributed by atoms with Gasteiger partial charge in [-0.05, 0) is 6.92 Å². The summed E-state index contributed by atoms with van der Waals surface area (Å²) >= 11 is 0. The molecule has 0 radical (unpaired) electrons. The third kappa shape index (κ3) is 59.3. The van der Waals surface area contributed by atoms with Crippen LogP contribution in [0.4, 0.5) is 0 Å². The van der Waals surface area contributed by atoms with Gasteiger partial charge < -0.3 is 5.21 Å². The molecule has 6 heteroatoms. The van der Waals surface area contributed by atoms with Crippen molar-refractivity contribution in [2.75, 3.05) is 20.7 Å². The van der Waals surface area contributed by atoms with Crippen molar-refractivity contribution >= 4 is 0 Å². The maximum atomic E-state index is 8.36. The second-order valence-corrected chi connectivity index (χ2v) is 1.47. The summed E-state index contributed by atoms with van der Waals surface area (Å²) in [5.41, 5.74) is 0. The van der Waals surface area contributed by atoms with Crippen LogP contribution >= 0.6 is 0 Å². The van der Waals surface area contributed by atoms with Crippen molar-refractivity contribution in [1.82, 2.24) is 5.06 Å². The van der Waals surface area contributed by atoms with E-state index in [4.69, 9.17) is 20.2 Å². The summed E-state index contributed by atoms with van der Waals surface area (Å²) in [5.74, 6) is 0. The van der Waals surface area contributed by atoms with Gasteiger partial charge in [-0.2, -0.15) is 5.06 Å². The van der Waals surface area contributed by atoms with E-state index in [-0.39, 0.29) is 0 Å². The zero-order chi connectivity index (χ0) is 8.57. The molecule has 0 unspecified atom stereocenters. The fourth-order valence-corrected chi connectivity index (χ4v) is 0.258. The Morgan fingerprint density at radius 3 is 2.00 bits per heavy atom. The molecular formula is C4H12N2O4. The van der Waals surface area contributed by atoms with Crippen LogP contribution in [0.3, 0.4) is 0 Å². The summed E-state index contributed by atoms with van der Waals surface area (Å²) in [6.07, 6.45) is 0. The highest BCUT2D eigenvalue weighted by Crippen LogP contribution is 1.72. The number of hydrogen-bond donors (Lipinski definition) is 1. The lowest BCUT2D eigenvalue weighted by Gasteiger charge is -2.05. The van der Waals surface area contributed by atoms with Gasteiger partial charge in [-0.25, -0.2) is 0 Å². The average molecular weight is 152 g/mol. The van der Waals surface area contributed by atoms with Crippen LogP contribution in [0.5, 0.6) is 0 Å². The zero-order valence-corrected chi connectivity index (χ0v) is 6.27. The first-order chi connectivity index (χ1) is 4.50. The molecule has 0 aliphatic carbocycles. The zero-order valence-electron chi connectivity index (χ0n) is 6.27. The fourth-order valence-electron chi connectivity index (χ4n) is 0.258. The molecule has 0 aliphatic heterocycles. The fraction of sp³-hybridized carbons (Fsp3) is 1.00. The largest absolute Gasteiger partial charge is 0.328 e. The molecule has 0 saturated heterocycles. The summed E-state index contributed by atoms with van der Waals surface area (Å²) in [6.45, 7) is 2.72. The van der Waals surface area contributed by atoms with Crippen LogP contribution in [0.2, 0.25) is 0 Å². The molecule has 0 rings (SSSR count). The van der Waals surface area contributed by atoms with Gasteiger partial charge in [0.15, 0.2) is 0 Å². The van der Waals surface area contributed by atoms with Gasteiger partial charge in [-0.3, -0.25) is 4.84 Å². The predicted octanol–water partition coefficient (Wildman–Crippen LogP) is 0.152. The van der Waals surface area contributed by atoms with Gasteiger partial charge in [-0.15, -0.1) is 10.1 Å². The van der Waals surface area contributed by atoms with E-state index in [1.807, 2.05) is 21.0 Å². The summed E-state index contributed by atoms with van der Waals surface area (Å²) < 4.78 is 0. The molecule has 0 aromatic carbocycles. The minimum absolute atomic E-state index is 0.757. The molecule has 0 aliphatic rings. The summed E-state index contributed by atoms with van der Waals surface area (Å²) in [4.78, 5) is 13.2. The Kier molecular flexibility index (Phi) is 9.63. The van der Waals surface area contributed by atoms with Crippen LogP contribution in [-0.4, -0.2) is 36.1 Å². The first-order valence-electron chi connectivity index (χ1n) is 2.64. The SMILES string of the molecule is CCON(C)C.O=[N+]([O-])O. The third-order valence-electron chi connectivity index (χ3n) is 0.387. The number of hydrogen-bond acceptors (Lipinski definition) is 4. The van der Waals surface area contributed by atoms with E-state index in [1.54, 1.807) is 5.06 Å². The molecule has 62 valence electrons. The molecule has 10 heavy (non-hydrogen) atoms. The van der Waals surface area contributed by atoms with Gasteiger partial charge in [0.05, 0.1) is 6.61 Å². The Morgan fingerprint density at radius 2 is 2.00 bits per heavy atom. The first-order valence-corrected chi connectivity index (χ1v) is 2.64. The second kappa shape index (κ2) is 8.12. The molecular weight excluding hydrogens is 140 g/mol. The lowest BCUT2D eigenvalue weighted by Crippen LogP contribution is -2.11. The van der Waals surface area contributed by atoms with Gasteiger partial charge >= 0.3 is 0 Å². The van der Waals surface area contributed by atoms with E-state index in [2.05, 4.69) is 0 Å². The van der Waals surface area contributed by atoms with Crippen LogP contribution in [0.1, 0.15) is 6.92 Å². The molecule has 0 heterocycles. The number of nitrogens with zero attached hydrogens (tertiary/aromatic N) is 2. The Hall–Kier alpha value is -0.880.